The Bertz CT molecular complexity index is 823. The van der Waals surface area contributed by atoms with Gasteiger partial charge in [-0.2, -0.15) is 0 Å². The third-order valence-corrected chi connectivity index (χ3v) is 5.27. The molecule has 0 bridgehead atoms. The summed E-state index contributed by atoms with van der Waals surface area (Å²) in [6, 6.07) is 10.8. The van der Waals surface area contributed by atoms with Crippen LogP contribution in [0.1, 0.15) is 42.2 Å². The first-order valence-corrected chi connectivity index (χ1v) is 9.62. The summed E-state index contributed by atoms with van der Waals surface area (Å²) in [6.07, 6.45) is 2.61. The van der Waals surface area contributed by atoms with Crippen molar-refractivity contribution in [3.8, 4) is 5.75 Å². The number of nitrogens with two attached hydrogens (primary N) is 1. The molecule has 3 rings (SSSR count). The minimum absolute atomic E-state index is 0.191. The van der Waals surface area contributed by atoms with Gasteiger partial charge in [-0.3, -0.25) is 4.79 Å². The maximum absolute atomic E-state index is 12.8. The fourth-order valence-electron chi connectivity index (χ4n) is 3.04. The van der Waals surface area contributed by atoms with Crippen LogP contribution in [0.15, 0.2) is 41.3 Å². The van der Waals surface area contributed by atoms with Gasteiger partial charge in [0, 0.05) is 22.6 Å². The van der Waals surface area contributed by atoms with Gasteiger partial charge in [-0.15, -0.1) is 11.8 Å². The molecule has 1 aliphatic rings. The molecule has 1 amide bonds. The number of hydrogen-bond donors (Lipinski definition) is 2. The Morgan fingerprint density at radius 3 is 2.80 bits per heavy atom. The van der Waals surface area contributed by atoms with Gasteiger partial charge in [0.2, 0.25) is 0 Å². The van der Waals surface area contributed by atoms with Gasteiger partial charge in [0.25, 0.3) is 5.91 Å². The number of benzene rings is 2. The van der Waals surface area contributed by atoms with Crippen LogP contribution in [0.4, 0.5) is 5.69 Å². The topological polar surface area (TPSA) is 64.3 Å². The Balaban J connectivity index is 1.92. The van der Waals surface area contributed by atoms with Gasteiger partial charge in [-0.1, -0.05) is 11.6 Å². The molecule has 0 radical (unpaired) electrons. The van der Waals surface area contributed by atoms with Crippen LogP contribution in [-0.4, -0.2) is 17.8 Å². The smallest absolute Gasteiger partial charge is 0.253 e. The Morgan fingerprint density at radius 2 is 2.08 bits per heavy atom. The molecule has 0 saturated carbocycles. The van der Waals surface area contributed by atoms with Crippen molar-refractivity contribution >= 4 is 35.0 Å². The van der Waals surface area contributed by atoms with Gasteiger partial charge in [-0.05, 0) is 56.5 Å². The van der Waals surface area contributed by atoms with Crippen LogP contribution in [0, 0.1) is 0 Å². The van der Waals surface area contributed by atoms with Crippen LogP contribution in [-0.2, 0) is 0 Å². The van der Waals surface area contributed by atoms with Gasteiger partial charge in [0.05, 0.1) is 16.6 Å². The quantitative estimate of drug-likeness (QED) is 0.603. The lowest BCUT2D eigenvalue weighted by Gasteiger charge is -2.38. The van der Waals surface area contributed by atoms with E-state index in [2.05, 4.69) is 5.32 Å². The van der Waals surface area contributed by atoms with Gasteiger partial charge in [0.1, 0.15) is 11.4 Å². The summed E-state index contributed by atoms with van der Waals surface area (Å²) in [5, 5.41) is 3.54. The number of carbonyl (C=O) groups excluding carboxylic acids is 1. The van der Waals surface area contributed by atoms with Crippen LogP contribution in [0.2, 0.25) is 5.02 Å². The SMILES string of the molecule is CSc1ccc(Cl)c(C(=O)NC2CC(C)(C)Oc3ccc(N)cc32)c1. The monoisotopic (exact) mass is 376 g/mol. The Hall–Kier alpha value is -1.85. The number of nitrogens with one attached hydrogen (secondary N) is 1. The lowest BCUT2D eigenvalue weighted by molar-refractivity contribution is 0.0620. The summed E-state index contributed by atoms with van der Waals surface area (Å²) in [5.74, 6) is 0.552. The number of carbonyl (C=O) groups is 1. The largest absolute Gasteiger partial charge is 0.487 e. The van der Waals surface area contributed by atoms with Crippen LogP contribution in [0.3, 0.4) is 0 Å². The maximum atomic E-state index is 12.8. The zero-order chi connectivity index (χ0) is 18.2. The lowest BCUT2D eigenvalue weighted by atomic mass is 9.89. The zero-order valence-electron chi connectivity index (χ0n) is 14.4. The van der Waals surface area contributed by atoms with Crippen LogP contribution in [0.25, 0.3) is 0 Å². The molecule has 1 heterocycles. The number of nitrogen functional groups attached to an aromatic ring is 1. The molecule has 2 aromatic rings. The Kier molecular flexibility index (Phi) is 4.89. The van der Waals surface area contributed by atoms with Crippen LogP contribution < -0.4 is 15.8 Å². The van der Waals surface area contributed by atoms with Crippen molar-refractivity contribution in [2.75, 3.05) is 12.0 Å². The van der Waals surface area contributed by atoms with Crippen molar-refractivity contribution < 1.29 is 9.53 Å². The van der Waals surface area contributed by atoms with E-state index in [0.717, 1.165) is 16.2 Å². The molecule has 0 fully saturated rings. The number of rotatable bonds is 3. The number of hydrogen-bond acceptors (Lipinski definition) is 4. The Labute approximate surface area is 157 Å². The molecule has 0 saturated heterocycles. The first kappa shape index (κ1) is 18.0. The van der Waals surface area contributed by atoms with Gasteiger partial charge in [0.15, 0.2) is 0 Å². The zero-order valence-corrected chi connectivity index (χ0v) is 16.0. The molecule has 25 heavy (non-hydrogen) atoms. The van der Waals surface area contributed by atoms with Crippen molar-refractivity contribution in [3.05, 3.63) is 52.5 Å². The van der Waals surface area contributed by atoms with Gasteiger partial charge < -0.3 is 15.8 Å². The molecular weight excluding hydrogens is 356 g/mol. The van der Waals surface area contributed by atoms with Crippen LogP contribution in [0.5, 0.6) is 5.75 Å². The highest BCUT2D eigenvalue weighted by atomic mass is 35.5. The van der Waals surface area contributed by atoms with Gasteiger partial charge in [-0.25, -0.2) is 0 Å². The van der Waals surface area contributed by atoms with E-state index in [1.54, 1.807) is 23.9 Å². The van der Waals surface area contributed by atoms with Crippen molar-refractivity contribution in [3.63, 3.8) is 0 Å². The molecular formula is C19H21ClN2O2S. The number of thioether (sulfide) groups is 1. The molecule has 6 heteroatoms. The second-order valence-corrected chi connectivity index (χ2v) is 8.02. The summed E-state index contributed by atoms with van der Waals surface area (Å²) in [6.45, 7) is 4.01. The molecule has 132 valence electrons. The van der Waals surface area contributed by atoms with Crippen molar-refractivity contribution in [2.45, 2.75) is 36.8 Å². The molecule has 1 aliphatic heterocycles. The van der Waals surface area contributed by atoms with E-state index >= 15 is 0 Å². The van der Waals surface area contributed by atoms with Crippen molar-refractivity contribution in [1.82, 2.24) is 5.32 Å². The molecule has 1 unspecified atom stereocenters. The molecule has 0 aliphatic carbocycles. The molecule has 2 aromatic carbocycles. The molecule has 4 nitrogen and oxygen atoms in total. The number of amides is 1. The van der Waals surface area contributed by atoms with E-state index in [1.165, 1.54) is 0 Å². The predicted octanol–water partition coefficient (Wildman–Crippen LogP) is 4.68. The molecule has 1 atom stereocenters. The lowest BCUT2D eigenvalue weighted by Crippen LogP contribution is -2.41. The van der Waals surface area contributed by atoms with Crippen molar-refractivity contribution in [1.29, 1.82) is 0 Å². The first-order chi connectivity index (χ1) is 11.8. The van der Waals surface area contributed by atoms with E-state index in [0.29, 0.717) is 22.7 Å². The summed E-state index contributed by atoms with van der Waals surface area (Å²) < 4.78 is 6.02. The summed E-state index contributed by atoms with van der Waals surface area (Å²) in [5.41, 5.74) is 7.55. The third-order valence-electron chi connectivity index (χ3n) is 4.21. The summed E-state index contributed by atoms with van der Waals surface area (Å²) in [7, 11) is 0. The average molecular weight is 377 g/mol. The average Bonchev–Trinajstić information content (AvgIpc) is 2.55. The predicted molar refractivity (Wildman–Crippen MR) is 104 cm³/mol. The summed E-state index contributed by atoms with van der Waals surface area (Å²) >= 11 is 7.80. The minimum atomic E-state index is -0.383. The van der Waals surface area contributed by atoms with E-state index in [-0.39, 0.29) is 17.6 Å². The number of halogens is 1. The Morgan fingerprint density at radius 1 is 1.32 bits per heavy atom. The van der Waals surface area contributed by atoms with E-state index < -0.39 is 0 Å². The molecule has 0 spiro atoms. The first-order valence-electron chi connectivity index (χ1n) is 8.02. The normalized spacial score (nSPS) is 18.2. The minimum Gasteiger partial charge on any atom is -0.487 e. The second kappa shape index (κ2) is 6.81. The molecule has 3 N–H and O–H groups in total. The fourth-order valence-corrected chi connectivity index (χ4v) is 3.69. The standard InChI is InChI=1S/C19H21ClN2O2S/c1-19(2)10-16(14-8-11(21)4-7-17(14)24-19)22-18(23)13-9-12(25-3)5-6-15(13)20/h4-9,16H,10,21H2,1-3H3,(H,22,23). The fraction of sp³-hybridized carbons (Fsp3) is 0.316. The second-order valence-electron chi connectivity index (χ2n) is 6.73. The summed E-state index contributed by atoms with van der Waals surface area (Å²) in [4.78, 5) is 13.8. The molecule has 0 aromatic heterocycles. The highest BCUT2D eigenvalue weighted by Crippen LogP contribution is 2.40. The highest BCUT2D eigenvalue weighted by molar-refractivity contribution is 7.98. The maximum Gasteiger partial charge on any atom is 0.253 e. The van der Waals surface area contributed by atoms with Gasteiger partial charge >= 0.3 is 0 Å². The van der Waals surface area contributed by atoms with E-state index in [1.807, 2.05) is 44.4 Å². The number of fused-ring (bicyclic) bond motifs is 1. The number of ether oxygens (including phenoxy) is 1. The van der Waals surface area contributed by atoms with Crippen molar-refractivity contribution in [2.24, 2.45) is 0 Å². The van der Waals surface area contributed by atoms with Crippen LogP contribution >= 0.6 is 23.4 Å². The van der Waals surface area contributed by atoms with E-state index in [4.69, 9.17) is 22.1 Å². The van der Waals surface area contributed by atoms with E-state index in [9.17, 15) is 4.79 Å². The highest BCUT2D eigenvalue weighted by Gasteiger charge is 2.35. The third kappa shape index (κ3) is 3.88. The number of anilines is 1.